The van der Waals surface area contributed by atoms with Crippen LogP contribution >= 0.6 is 0 Å². The lowest BCUT2D eigenvalue weighted by atomic mass is 10.2. The third-order valence-corrected chi connectivity index (χ3v) is 1.37. The van der Waals surface area contributed by atoms with Gasteiger partial charge in [-0.2, -0.15) is 0 Å². The molecule has 0 fully saturated rings. The summed E-state index contributed by atoms with van der Waals surface area (Å²) in [5, 5.41) is 0. The molecular weight excluding hydrogens is 126 g/mol. The number of rotatable bonds is 1. The molecule has 2 heteroatoms. The molecule has 0 saturated carbocycles. The van der Waals surface area contributed by atoms with Gasteiger partial charge < -0.3 is 10.5 Å². The van der Waals surface area contributed by atoms with Gasteiger partial charge in [0.1, 0.15) is 5.75 Å². The lowest BCUT2D eigenvalue weighted by Gasteiger charge is -2.05. The summed E-state index contributed by atoms with van der Waals surface area (Å²) in [4.78, 5) is 0. The molecule has 0 aliphatic heterocycles. The van der Waals surface area contributed by atoms with Crippen LogP contribution in [0.5, 0.6) is 5.75 Å². The molecule has 0 spiro atoms. The number of ether oxygens (including phenoxy) is 1. The molecule has 0 unspecified atom stereocenters. The molecule has 2 nitrogen and oxygen atoms in total. The molecule has 0 aliphatic rings. The molecular formula is C8H11NO. The minimum Gasteiger partial charge on any atom is -0.494 e. The topological polar surface area (TPSA) is 35.2 Å². The maximum absolute atomic E-state index is 7.42. The standard InChI is InChI=1S/C8H11NO/c1-6-4-3-5-7(9)8(6)10-2/h3-5H,9H2,1-2H3/i4T. The smallest absolute Gasteiger partial charge is 0.144 e. The third-order valence-electron chi connectivity index (χ3n) is 1.37. The average Bonchev–Trinajstić information content (AvgIpc) is 1.99. The first-order valence-electron chi connectivity index (χ1n) is 3.56. The Labute approximate surface area is 62.0 Å². The van der Waals surface area contributed by atoms with Gasteiger partial charge in [-0.1, -0.05) is 12.1 Å². The van der Waals surface area contributed by atoms with Gasteiger partial charge in [-0.05, 0) is 18.6 Å². The first-order valence-corrected chi connectivity index (χ1v) is 3.06. The van der Waals surface area contributed by atoms with Gasteiger partial charge >= 0.3 is 0 Å². The van der Waals surface area contributed by atoms with Crippen molar-refractivity contribution < 1.29 is 6.11 Å². The van der Waals surface area contributed by atoms with E-state index in [9.17, 15) is 0 Å². The Kier molecular flexibility index (Phi) is 1.46. The highest BCUT2D eigenvalue weighted by atomic mass is 16.5. The fourth-order valence-corrected chi connectivity index (χ4v) is 0.885. The summed E-state index contributed by atoms with van der Waals surface area (Å²) in [5.74, 6) is 0.609. The van der Waals surface area contributed by atoms with Crippen LogP contribution in [0.25, 0.3) is 0 Å². The van der Waals surface area contributed by atoms with Gasteiger partial charge in [0.25, 0.3) is 0 Å². The lowest BCUT2D eigenvalue weighted by Crippen LogP contribution is -1.93. The van der Waals surface area contributed by atoms with Crippen molar-refractivity contribution in [3.8, 4) is 5.75 Å². The maximum atomic E-state index is 7.42. The summed E-state index contributed by atoms with van der Waals surface area (Å²) in [6, 6.07) is 3.79. The van der Waals surface area contributed by atoms with Gasteiger partial charge in [-0.3, -0.25) is 0 Å². The van der Waals surface area contributed by atoms with E-state index in [1.807, 2.05) is 6.92 Å². The van der Waals surface area contributed by atoms with Gasteiger partial charge in [0, 0.05) is 0 Å². The summed E-state index contributed by atoms with van der Waals surface area (Å²) in [6.45, 7) is 1.82. The van der Waals surface area contributed by atoms with E-state index in [1.54, 1.807) is 19.2 Å². The molecule has 2 N–H and O–H groups in total. The Morgan fingerprint density at radius 2 is 2.40 bits per heavy atom. The monoisotopic (exact) mass is 139 g/mol. The summed E-state index contributed by atoms with van der Waals surface area (Å²) in [5.41, 5.74) is 6.96. The number of nitrogen functional groups attached to an aromatic ring is 1. The van der Waals surface area contributed by atoms with E-state index in [0.717, 1.165) is 5.56 Å². The predicted octanol–water partition coefficient (Wildman–Crippen LogP) is 1.59. The number of anilines is 1. The molecule has 0 aromatic heterocycles. The van der Waals surface area contributed by atoms with Gasteiger partial charge in [-0.25, -0.2) is 0 Å². The van der Waals surface area contributed by atoms with Crippen molar-refractivity contribution in [1.82, 2.24) is 0 Å². The van der Waals surface area contributed by atoms with Crippen LogP contribution in [-0.2, 0) is 0 Å². The zero-order chi connectivity index (χ0) is 8.43. The summed E-state index contributed by atoms with van der Waals surface area (Å²) >= 11 is 0. The molecule has 0 bridgehead atoms. The van der Waals surface area contributed by atoms with Crippen LogP contribution in [0, 0.1) is 6.92 Å². The Hall–Kier alpha value is -1.18. The SMILES string of the molecule is [3H]c1ccc(N)c(OC)c1C. The van der Waals surface area contributed by atoms with Gasteiger partial charge in [-0.15, -0.1) is 0 Å². The second kappa shape index (κ2) is 2.60. The Balaban J connectivity index is 3.29. The predicted molar refractivity (Wildman–Crippen MR) is 42.1 cm³/mol. The lowest BCUT2D eigenvalue weighted by molar-refractivity contribution is 0.414. The number of hydrogen-bond donors (Lipinski definition) is 1. The largest absolute Gasteiger partial charge is 0.494 e. The molecule has 0 aliphatic carbocycles. The van der Waals surface area contributed by atoms with E-state index >= 15 is 0 Å². The number of para-hydroxylation sites is 1. The van der Waals surface area contributed by atoms with Crippen molar-refractivity contribution in [3.05, 3.63) is 23.7 Å². The zero-order valence-corrected chi connectivity index (χ0v) is 6.14. The van der Waals surface area contributed by atoms with E-state index in [0.29, 0.717) is 17.5 Å². The second-order valence-electron chi connectivity index (χ2n) is 2.09. The van der Waals surface area contributed by atoms with Crippen LogP contribution in [0.4, 0.5) is 5.69 Å². The van der Waals surface area contributed by atoms with Crippen molar-refractivity contribution in [2.24, 2.45) is 0 Å². The molecule has 1 aromatic carbocycles. The van der Waals surface area contributed by atoms with Crippen LogP contribution in [0.15, 0.2) is 18.2 Å². The summed E-state index contributed by atoms with van der Waals surface area (Å²) in [7, 11) is 1.55. The highest BCUT2D eigenvalue weighted by Crippen LogP contribution is 2.24. The highest BCUT2D eigenvalue weighted by molar-refractivity contribution is 5.56. The van der Waals surface area contributed by atoms with E-state index in [4.69, 9.17) is 11.8 Å². The maximum Gasteiger partial charge on any atom is 0.144 e. The first-order chi connectivity index (χ1) is 5.16. The minimum absolute atomic E-state index is 0.455. The molecule has 0 radical (unpaired) electrons. The molecule has 0 atom stereocenters. The van der Waals surface area contributed by atoms with Crippen LogP contribution in [0.3, 0.4) is 0 Å². The van der Waals surface area contributed by atoms with E-state index in [1.165, 1.54) is 0 Å². The fraction of sp³-hybridized carbons (Fsp3) is 0.250. The van der Waals surface area contributed by atoms with Crippen molar-refractivity contribution in [3.63, 3.8) is 0 Å². The number of nitrogens with two attached hydrogens (primary N) is 1. The molecule has 0 heterocycles. The van der Waals surface area contributed by atoms with Gasteiger partial charge in [0.2, 0.25) is 0 Å². The van der Waals surface area contributed by atoms with Crippen LogP contribution in [0.2, 0.25) is 0 Å². The average molecular weight is 139 g/mol. The molecule has 0 saturated heterocycles. The molecule has 10 heavy (non-hydrogen) atoms. The van der Waals surface area contributed by atoms with Gasteiger partial charge in [0.15, 0.2) is 0 Å². The third kappa shape index (κ3) is 1.05. The van der Waals surface area contributed by atoms with E-state index in [-0.39, 0.29) is 0 Å². The Morgan fingerprint density at radius 3 is 2.90 bits per heavy atom. The molecule has 1 aromatic rings. The van der Waals surface area contributed by atoms with Gasteiger partial charge in [0.05, 0.1) is 14.2 Å². The minimum atomic E-state index is 0.455. The van der Waals surface area contributed by atoms with Crippen molar-refractivity contribution in [2.75, 3.05) is 12.8 Å². The Morgan fingerprint density at radius 1 is 1.70 bits per heavy atom. The number of benzene rings is 1. The molecule has 54 valence electrons. The van der Waals surface area contributed by atoms with Crippen molar-refractivity contribution in [1.29, 1.82) is 0 Å². The first kappa shape index (κ1) is 5.59. The quantitative estimate of drug-likeness (QED) is 0.599. The Bertz CT molecular complexity index is 273. The highest BCUT2D eigenvalue weighted by Gasteiger charge is 1.99. The van der Waals surface area contributed by atoms with Crippen LogP contribution in [0.1, 0.15) is 6.93 Å². The molecule has 0 amide bonds. The normalized spacial score (nSPS) is 10.8. The van der Waals surface area contributed by atoms with E-state index in [2.05, 4.69) is 0 Å². The second-order valence-corrected chi connectivity index (χ2v) is 2.09. The number of methoxy groups -OCH3 is 1. The van der Waals surface area contributed by atoms with Crippen molar-refractivity contribution in [2.45, 2.75) is 6.92 Å². The number of hydrogen-bond acceptors (Lipinski definition) is 2. The van der Waals surface area contributed by atoms with Crippen molar-refractivity contribution >= 4 is 5.69 Å². The van der Waals surface area contributed by atoms with Crippen LogP contribution in [-0.4, -0.2) is 7.11 Å². The zero-order valence-electron chi connectivity index (χ0n) is 7.14. The summed E-state index contributed by atoms with van der Waals surface area (Å²) < 4.78 is 12.4. The summed E-state index contributed by atoms with van der Waals surface area (Å²) in [6.07, 6.45) is 0. The van der Waals surface area contributed by atoms with Crippen LogP contribution < -0.4 is 10.5 Å². The van der Waals surface area contributed by atoms with E-state index < -0.39 is 0 Å². The fourth-order valence-electron chi connectivity index (χ4n) is 0.885. The molecule has 1 rings (SSSR count).